The molecule has 0 saturated heterocycles. The van der Waals surface area contributed by atoms with E-state index in [-0.39, 0.29) is 0 Å². The van der Waals surface area contributed by atoms with Crippen molar-refractivity contribution in [3.05, 3.63) is 271 Å². The van der Waals surface area contributed by atoms with Gasteiger partial charge in [-0.25, -0.2) is 0 Å². The predicted molar refractivity (Wildman–Crippen MR) is 285 cm³/mol. The Hall–Kier alpha value is -8.52. The lowest BCUT2D eigenvalue weighted by atomic mass is 9.73. The molecular weight excluding hydrogens is 807 g/mol. The molecule has 1 nitrogen and oxygen atoms in total. The molecule has 0 heterocycles. The van der Waals surface area contributed by atoms with Crippen LogP contribution in [0.3, 0.4) is 0 Å². The minimum Gasteiger partial charge on any atom is -0.310 e. The van der Waals surface area contributed by atoms with Gasteiger partial charge < -0.3 is 4.90 Å². The van der Waals surface area contributed by atoms with Gasteiger partial charge in [0.25, 0.3) is 0 Å². The Morgan fingerprint density at radius 2 is 0.851 bits per heavy atom. The topological polar surface area (TPSA) is 3.24 Å². The van der Waals surface area contributed by atoms with Crippen LogP contribution >= 0.6 is 0 Å². The highest BCUT2D eigenvalue weighted by molar-refractivity contribution is 6.22. The van der Waals surface area contributed by atoms with E-state index >= 15 is 0 Å². The summed E-state index contributed by atoms with van der Waals surface area (Å²) in [5, 5.41) is 9.94. The van der Waals surface area contributed by atoms with Crippen molar-refractivity contribution in [3.63, 3.8) is 0 Å². The van der Waals surface area contributed by atoms with Crippen LogP contribution in [0.1, 0.15) is 23.6 Å². The van der Waals surface area contributed by atoms with Gasteiger partial charge in [0, 0.05) is 16.7 Å². The molecule has 13 rings (SSSR count). The first-order chi connectivity index (χ1) is 33.1. The molecule has 67 heavy (non-hydrogen) atoms. The summed E-state index contributed by atoms with van der Waals surface area (Å²) in [4.78, 5) is 2.55. The van der Waals surface area contributed by atoms with Gasteiger partial charge in [-0.15, -0.1) is 0 Å². The highest BCUT2D eigenvalue weighted by Gasteiger charge is 2.43. The number of rotatable bonds is 7. The van der Waals surface area contributed by atoms with Gasteiger partial charge in [-0.05, 0) is 136 Å². The van der Waals surface area contributed by atoms with Crippen molar-refractivity contribution in [3.8, 4) is 44.5 Å². The van der Waals surface area contributed by atoms with Crippen LogP contribution in [0.2, 0.25) is 0 Å². The molecule has 0 aliphatic heterocycles. The monoisotopic (exact) mass is 851 g/mol. The molecule has 0 amide bonds. The van der Waals surface area contributed by atoms with Crippen molar-refractivity contribution >= 4 is 60.2 Å². The molecule has 1 unspecified atom stereocenters. The van der Waals surface area contributed by atoms with Crippen molar-refractivity contribution in [1.29, 1.82) is 0 Å². The quantitative estimate of drug-likeness (QED) is 0.144. The van der Waals surface area contributed by atoms with Crippen LogP contribution in [-0.2, 0) is 5.41 Å². The molecule has 0 aromatic heterocycles. The first-order valence-corrected chi connectivity index (χ1v) is 23.3. The molecule has 1 heteroatoms. The predicted octanol–water partition coefficient (Wildman–Crippen LogP) is 18.1. The Bertz CT molecular complexity index is 3870. The Morgan fingerprint density at radius 3 is 1.63 bits per heavy atom. The summed E-state index contributed by atoms with van der Waals surface area (Å²) in [6.45, 7) is 2.43. The fraction of sp³-hybridized carbons (Fsp3) is 0.0303. The number of para-hydroxylation sites is 1. The second kappa shape index (κ2) is 15.6. The lowest BCUT2D eigenvalue weighted by molar-refractivity contribution is 0.714. The average Bonchev–Trinajstić information content (AvgIpc) is 3.67. The summed E-state index contributed by atoms with van der Waals surface area (Å²) in [6.07, 6.45) is 0. The smallest absolute Gasteiger partial charge is 0.0540 e. The number of hydrogen-bond acceptors (Lipinski definition) is 1. The Morgan fingerprint density at radius 1 is 0.313 bits per heavy atom. The van der Waals surface area contributed by atoms with E-state index in [9.17, 15) is 0 Å². The van der Waals surface area contributed by atoms with Gasteiger partial charge in [0.2, 0.25) is 0 Å². The maximum Gasteiger partial charge on any atom is 0.0540 e. The van der Waals surface area contributed by atoms with Crippen LogP contribution < -0.4 is 4.90 Å². The summed E-state index contributed by atoms with van der Waals surface area (Å²) in [5.41, 5.74) is 16.7. The number of anilines is 3. The Balaban J connectivity index is 1.11. The molecule has 12 aromatic carbocycles. The summed E-state index contributed by atoms with van der Waals surface area (Å²) >= 11 is 0. The molecule has 0 bridgehead atoms. The van der Waals surface area contributed by atoms with Gasteiger partial charge in [0.05, 0.1) is 11.4 Å². The van der Waals surface area contributed by atoms with Crippen LogP contribution in [-0.4, -0.2) is 0 Å². The molecule has 0 saturated carbocycles. The molecule has 1 aliphatic carbocycles. The second-order valence-electron chi connectivity index (χ2n) is 18.1. The van der Waals surface area contributed by atoms with E-state index < -0.39 is 5.41 Å². The summed E-state index contributed by atoms with van der Waals surface area (Å²) in [6, 6.07) is 94.3. The number of nitrogens with zero attached hydrogens (tertiary/aromatic N) is 1. The summed E-state index contributed by atoms with van der Waals surface area (Å²) in [7, 11) is 0. The SMILES string of the molecule is CC1(c2ccccc2)c2ccccc2-c2cccc(N(c3ccc4c(ccc5ccccc54)c3)c3ccccc3-c3ccc4c(c3)c(-c3ccccc3)c(-c3ccccc3)c3ccccc34)c21. The largest absolute Gasteiger partial charge is 0.310 e. The van der Waals surface area contributed by atoms with E-state index in [2.05, 4.69) is 267 Å². The zero-order valence-corrected chi connectivity index (χ0v) is 37.2. The molecular formula is C66H45N. The zero-order chi connectivity index (χ0) is 44.5. The second-order valence-corrected chi connectivity index (χ2v) is 18.1. The van der Waals surface area contributed by atoms with Crippen LogP contribution in [0.15, 0.2) is 255 Å². The van der Waals surface area contributed by atoms with E-state index in [1.54, 1.807) is 0 Å². The maximum atomic E-state index is 2.55. The molecule has 1 atom stereocenters. The molecule has 12 aromatic rings. The van der Waals surface area contributed by atoms with Gasteiger partial charge in [0.1, 0.15) is 0 Å². The van der Waals surface area contributed by atoms with Crippen molar-refractivity contribution in [2.24, 2.45) is 0 Å². The van der Waals surface area contributed by atoms with Gasteiger partial charge in [-0.2, -0.15) is 0 Å². The number of fused-ring (bicyclic) bond motifs is 9. The minimum absolute atomic E-state index is 0.424. The van der Waals surface area contributed by atoms with Crippen LogP contribution in [0.4, 0.5) is 17.1 Å². The van der Waals surface area contributed by atoms with Crippen molar-refractivity contribution < 1.29 is 0 Å². The van der Waals surface area contributed by atoms with Crippen molar-refractivity contribution in [2.45, 2.75) is 12.3 Å². The van der Waals surface area contributed by atoms with E-state index in [0.29, 0.717) is 0 Å². The fourth-order valence-electron chi connectivity index (χ4n) is 11.5. The summed E-state index contributed by atoms with van der Waals surface area (Å²) < 4.78 is 0. The van der Waals surface area contributed by atoms with E-state index in [4.69, 9.17) is 0 Å². The van der Waals surface area contributed by atoms with Gasteiger partial charge in [0.15, 0.2) is 0 Å². The molecule has 0 N–H and O–H groups in total. The average molecular weight is 852 g/mol. The standard InChI is InChI=1S/C66H45N/c1-66(49-25-9-4-10-26-49)60-33-17-15-30-56(60)58-32-19-35-62(65(58)66)67(50-39-41-52-47(42-50)37-36-44-20-11-12-27-51(44)52)61-34-18-16-28-53(61)48-38-40-55-54-29-13-14-31-57(54)63(45-21-5-2-6-22-45)64(59(55)43-48)46-23-7-3-8-24-46/h2-43H,1H3. The third kappa shape index (κ3) is 6.09. The van der Waals surface area contributed by atoms with Gasteiger partial charge in [-0.3, -0.25) is 0 Å². The third-order valence-corrected chi connectivity index (χ3v) is 14.5. The van der Waals surface area contributed by atoms with E-state index in [1.807, 2.05) is 0 Å². The fourth-order valence-corrected chi connectivity index (χ4v) is 11.5. The van der Waals surface area contributed by atoms with E-state index in [1.165, 1.54) is 93.2 Å². The van der Waals surface area contributed by atoms with Crippen LogP contribution in [0.25, 0.3) is 87.6 Å². The molecule has 0 radical (unpaired) electrons. The number of hydrogen-bond donors (Lipinski definition) is 0. The van der Waals surface area contributed by atoms with Gasteiger partial charge >= 0.3 is 0 Å². The third-order valence-electron chi connectivity index (χ3n) is 14.5. The molecule has 314 valence electrons. The first kappa shape index (κ1) is 38.9. The minimum atomic E-state index is -0.424. The first-order valence-electron chi connectivity index (χ1n) is 23.3. The highest BCUT2D eigenvalue weighted by atomic mass is 15.1. The van der Waals surface area contributed by atoms with Crippen LogP contribution in [0.5, 0.6) is 0 Å². The Kier molecular flexibility index (Phi) is 9.05. The van der Waals surface area contributed by atoms with Crippen LogP contribution in [0, 0.1) is 0 Å². The van der Waals surface area contributed by atoms with E-state index in [0.717, 1.165) is 28.2 Å². The Labute approximate surface area is 391 Å². The van der Waals surface area contributed by atoms with Gasteiger partial charge in [-0.1, -0.05) is 224 Å². The van der Waals surface area contributed by atoms with Crippen molar-refractivity contribution in [1.82, 2.24) is 0 Å². The lowest BCUT2D eigenvalue weighted by Crippen LogP contribution is -2.25. The summed E-state index contributed by atoms with van der Waals surface area (Å²) in [5.74, 6) is 0. The molecule has 0 spiro atoms. The number of benzene rings is 12. The lowest BCUT2D eigenvalue weighted by Gasteiger charge is -2.35. The molecule has 1 aliphatic rings. The zero-order valence-electron chi connectivity index (χ0n) is 37.2. The maximum absolute atomic E-state index is 2.55. The normalized spacial score (nSPS) is 14.1. The highest BCUT2D eigenvalue weighted by Crippen LogP contribution is 2.58. The molecule has 0 fully saturated rings. The van der Waals surface area contributed by atoms with Crippen molar-refractivity contribution in [2.75, 3.05) is 4.90 Å².